The van der Waals surface area contributed by atoms with E-state index in [9.17, 15) is 4.79 Å². The van der Waals surface area contributed by atoms with Crippen LogP contribution in [-0.4, -0.2) is 11.6 Å². The number of halogens is 1. The fourth-order valence-electron chi connectivity index (χ4n) is 1.13. The molecule has 0 aliphatic heterocycles. The summed E-state index contributed by atoms with van der Waals surface area (Å²) in [5, 5.41) is 4.07. The van der Waals surface area contributed by atoms with E-state index < -0.39 is 0 Å². The lowest BCUT2D eigenvalue weighted by atomic mass is 10.1. The van der Waals surface area contributed by atoms with Gasteiger partial charge in [0.05, 0.1) is 14.4 Å². The number of nitrogens with one attached hydrogen (secondary N) is 1. The van der Waals surface area contributed by atoms with Crippen molar-refractivity contribution in [3.63, 3.8) is 0 Å². The monoisotopic (exact) mass is 302 g/mol. The SMILES string of the molecule is C/C(=N\NC(=O)CC(C)C)c1ccc(Br)s1. The third-order valence-corrected chi connectivity index (χ3v) is 3.60. The standard InChI is InChI=1S/C11H15BrN2OS/c1-7(2)6-11(15)14-13-8(3)9-4-5-10(12)16-9/h4-5,7H,6H2,1-3H3,(H,14,15)/b13-8+. The normalized spacial score (nSPS) is 11.9. The summed E-state index contributed by atoms with van der Waals surface area (Å²) in [6, 6.07) is 3.94. The van der Waals surface area contributed by atoms with E-state index in [4.69, 9.17) is 0 Å². The number of hydrazone groups is 1. The molecule has 1 amide bonds. The maximum Gasteiger partial charge on any atom is 0.240 e. The Bertz CT molecular complexity index is 398. The van der Waals surface area contributed by atoms with Crippen molar-refractivity contribution in [2.24, 2.45) is 11.0 Å². The first-order chi connectivity index (χ1) is 7.49. The maximum absolute atomic E-state index is 11.4. The average molecular weight is 303 g/mol. The number of carbonyl (C=O) groups is 1. The molecule has 1 aromatic rings. The topological polar surface area (TPSA) is 41.5 Å². The molecule has 1 aromatic heterocycles. The highest BCUT2D eigenvalue weighted by atomic mass is 79.9. The fraction of sp³-hybridized carbons (Fsp3) is 0.455. The third-order valence-electron chi connectivity index (χ3n) is 1.87. The fourth-order valence-corrected chi connectivity index (χ4v) is 2.46. The molecule has 0 fully saturated rings. The van der Waals surface area contributed by atoms with Gasteiger partial charge in [0, 0.05) is 6.42 Å². The van der Waals surface area contributed by atoms with Crippen LogP contribution in [0.2, 0.25) is 0 Å². The minimum Gasteiger partial charge on any atom is -0.273 e. The van der Waals surface area contributed by atoms with Crippen molar-refractivity contribution in [2.45, 2.75) is 27.2 Å². The minimum atomic E-state index is -0.0371. The number of nitrogens with zero attached hydrogens (tertiary/aromatic N) is 1. The van der Waals surface area contributed by atoms with Gasteiger partial charge in [-0.05, 0) is 40.9 Å². The van der Waals surface area contributed by atoms with Crippen LogP contribution < -0.4 is 5.43 Å². The Morgan fingerprint density at radius 1 is 1.56 bits per heavy atom. The molecule has 0 radical (unpaired) electrons. The molecule has 0 aliphatic rings. The second kappa shape index (κ2) is 6.15. The van der Waals surface area contributed by atoms with Gasteiger partial charge < -0.3 is 0 Å². The molecule has 0 aromatic carbocycles. The van der Waals surface area contributed by atoms with Crippen LogP contribution in [0.1, 0.15) is 32.1 Å². The number of thiophene rings is 1. The Morgan fingerprint density at radius 2 is 2.25 bits per heavy atom. The zero-order chi connectivity index (χ0) is 12.1. The van der Waals surface area contributed by atoms with Gasteiger partial charge in [0.15, 0.2) is 0 Å². The molecule has 0 unspecified atom stereocenters. The Labute approximate surface area is 108 Å². The zero-order valence-electron chi connectivity index (χ0n) is 9.58. The van der Waals surface area contributed by atoms with Crippen molar-refractivity contribution in [1.29, 1.82) is 0 Å². The molecular formula is C11H15BrN2OS. The van der Waals surface area contributed by atoms with Gasteiger partial charge in [0.25, 0.3) is 0 Å². The van der Waals surface area contributed by atoms with E-state index in [-0.39, 0.29) is 5.91 Å². The predicted octanol–water partition coefficient (Wildman–Crippen LogP) is 3.40. The van der Waals surface area contributed by atoms with E-state index in [1.807, 2.05) is 32.9 Å². The molecule has 0 spiro atoms. The highest BCUT2D eigenvalue weighted by Crippen LogP contribution is 2.22. The van der Waals surface area contributed by atoms with E-state index >= 15 is 0 Å². The van der Waals surface area contributed by atoms with Crippen molar-refractivity contribution in [3.05, 3.63) is 20.8 Å². The summed E-state index contributed by atoms with van der Waals surface area (Å²) in [4.78, 5) is 12.4. The van der Waals surface area contributed by atoms with Gasteiger partial charge in [-0.1, -0.05) is 13.8 Å². The van der Waals surface area contributed by atoms with E-state index in [0.29, 0.717) is 12.3 Å². The molecular weight excluding hydrogens is 288 g/mol. The summed E-state index contributed by atoms with van der Waals surface area (Å²) in [6.45, 7) is 5.90. The van der Waals surface area contributed by atoms with Gasteiger partial charge in [0.1, 0.15) is 0 Å². The van der Waals surface area contributed by atoms with Crippen LogP contribution >= 0.6 is 27.3 Å². The molecule has 88 valence electrons. The molecule has 3 nitrogen and oxygen atoms in total. The first-order valence-corrected chi connectivity index (χ1v) is 6.69. The van der Waals surface area contributed by atoms with Crippen LogP contribution in [0.5, 0.6) is 0 Å². The summed E-state index contributed by atoms with van der Waals surface area (Å²) in [5.74, 6) is 0.316. The molecule has 0 atom stereocenters. The summed E-state index contributed by atoms with van der Waals surface area (Å²) >= 11 is 4.99. The van der Waals surface area contributed by atoms with Crippen LogP contribution in [0.25, 0.3) is 0 Å². The second-order valence-electron chi connectivity index (χ2n) is 3.93. The van der Waals surface area contributed by atoms with E-state index in [0.717, 1.165) is 14.4 Å². The molecule has 0 aliphatic carbocycles. The molecule has 1 heterocycles. The highest BCUT2D eigenvalue weighted by molar-refractivity contribution is 9.11. The predicted molar refractivity (Wildman–Crippen MR) is 71.8 cm³/mol. The molecule has 16 heavy (non-hydrogen) atoms. The minimum absolute atomic E-state index is 0.0371. The van der Waals surface area contributed by atoms with Crippen molar-refractivity contribution in [2.75, 3.05) is 0 Å². The summed E-state index contributed by atoms with van der Waals surface area (Å²) in [7, 11) is 0. The lowest BCUT2D eigenvalue weighted by Crippen LogP contribution is -2.20. The van der Waals surface area contributed by atoms with Crippen molar-refractivity contribution in [3.8, 4) is 0 Å². The highest BCUT2D eigenvalue weighted by Gasteiger charge is 2.05. The van der Waals surface area contributed by atoms with Crippen LogP contribution in [-0.2, 0) is 4.79 Å². The molecule has 0 saturated carbocycles. The van der Waals surface area contributed by atoms with Crippen LogP contribution in [0.4, 0.5) is 0 Å². The van der Waals surface area contributed by atoms with Crippen LogP contribution in [0.15, 0.2) is 21.0 Å². The number of hydrogen-bond donors (Lipinski definition) is 1. The summed E-state index contributed by atoms with van der Waals surface area (Å²) in [5.41, 5.74) is 3.39. The number of hydrogen-bond acceptors (Lipinski definition) is 3. The molecule has 0 bridgehead atoms. The van der Waals surface area contributed by atoms with Gasteiger partial charge in [-0.25, -0.2) is 5.43 Å². The Hall–Kier alpha value is -0.680. The van der Waals surface area contributed by atoms with Gasteiger partial charge >= 0.3 is 0 Å². The lowest BCUT2D eigenvalue weighted by Gasteiger charge is -2.03. The molecule has 0 saturated heterocycles. The lowest BCUT2D eigenvalue weighted by molar-refractivity contribution is -0.121. The maximum atomic E-state index is 11.4. The summed E-state index contributed by atoms with van der Waals surface area (Å²) < 4.78 is 1.06. The first-order valence-electron chi connectivity index (χ1n) is 5.08. The van der Waals surface area contributed by atoms with E-state index in [2.05, 4.69) is 26.5 Å². The quantitative estimate of drug-likeness (QED) is 0.672. The number of amides is 1. The smallest absolute Gasteiger partial charge is 0.240 e. The van der Waals surface area contributed by atoms with Crippen molar-refractivity contribution < 1.29 is 4.79 Å². The van der Waals surface area contributed by atoms with E-state index in [1.54, 1.807) is 11.3 Å². The van der Waals surface area contributed by atoms with Crippen molar-refractivity contribution in [1.82, 2.24) is 5.43 Å². The second-order valence-corrected chi connectivity index (χ2v) is 6.40. The van der Waals surface area contributed by atoms with Crippen LogP contribution in [0, 0.1) is 5.92 Å². The Kier molecular flexibility index (Phi) is 5.15. The van der Waals surface area contributed by atoms with Gasteiger partial charge in [-0.2, -0.15) is 5.10 Å². The third kappa shape index (κ3) is 4.45. The molecule has 1 N–H and O–H groups in total. The van der Waals surface area contributed by atoms with E-state index in [1.165, 1.54) is 0 Å². The van der Waals surface area contributed by atoms with Gasteiger partial charge in [-0.3, -0.25) is 4.79 Å². The molecule has 1 rings (SSSR count). The average Bonchev–Trinajstić information content (AvgIpc) is 2.60. The zero-order valence-corrected chi connectivity index (χ0v) is 12.0. The Balaban J connectivity index is 2.54. The molecule has 5 heteroatoms. The largest absolute Gasteiger partial charge is 0.273 e. The van der Waals surface area contributed by atoms with Crippen molar-refractivity contribution >= 4 is 38.9 Å². The van der Waals surface area contributed by atoms with Gasteiger partial charge in [-0.15, -0.1) is 11.3 Å². The summed E-state index contributed by atoms with van der Waals surface area (Å²) in [6.07, 6.45) is 0.505. The number of carbonyl (C=O) groups excluding carboxylic acids is 1. The Morgan fingerprint density at radius 3 is 2.75 bits per heavy atom. The first kappa shape index (κ1) is 13.4. The van der Waals surface area contributed by atoms with Gasteiger partial charge in [0.2, 0.25) is 5.91 Å². The van der Waals surface area contributed by atoms with Crippen LogP contribution in [0.3, 0.4) is 0 Å². The number of rotatable bonds is 4.